The number of halogens is 2. The SMILES string of the molecule is CCc1nn(C)c(Cn2cc(N)c(=O)c(Br)c2)c1Cl. The molecule has 7 heteroatoms. The summed E-state index contributed by atoms with van der Waals surface area (Å²) in [6.45, 7) is 2.51. The van der Waals surface area contributed by atoms with Crippen molar-refractivity contribution >= 4 is 33.2 Å². The Morgan fingerprint density at radius 1 is 1.47 bits per heavy atom. The molecule has 0 aromatic carbocycles. The molecule has 0 aliphatic carbocycles. The lowest BCUT2D eigenvalue weighted by Crippen LogP contribution is -2.14. The zero-order valence-corrected chi connectivity index (χ0v) is 13.0. The molecule has 5 nitrogen and oxygen atoms in total. The molecule has 102 valence electrons. The van der Waals surface area contributed by atoms with Crippen LogP contribution >= 0.6 is 27.5 Å². The number of nitrogens with two attached hydrogens (primary N) is 1. The number of anilines is 1. The Morgan fingerprint density at radius 3 is 2.68 bits per heavy atom. The second-order valence-corrected chi connectivity index (χ2v) is 5.48. The average Bonchev–Trinajstić information content (AvgIpc) is 2.63. The van der Waals surface area contributed by atoms with E-state index in [2.05, 4.69) is 21.0 Å². The Balaban J connectivity index is 2.42. The summed E-state index contributed by atoms with van der Waals surface area (Å²) in [6.07, 6.45) is 4.07. The maximum Gasteiger partial charge on any atom is 0.218 e. The molecule has 0 fully saturated rings. The van der Waals surface area contributed by atoms with Gasteiger partial charge in [-0.25, -0.2) is 0 Å². The van der Waals surface area contributed by atoms with Crippen molar-refractivity contribution in [1.82, 2.24) is 14.3 Å². The van der Waals surface area contributed by atoms with Crippen LogP contribution in [0.25, 0.3) is 0 Å². The first kappa shape index (κ1) is 14.1. The smallest absolute Gasteiger partial charge is 0.218 e. The Labute approximate surface area is 124 Å². The van der Waals surface area contributed by atoms with E-state index in [1.165, 1.54) is 0 Å². The fourth-order valence-electron chi connectivity index (χ4n) is 1.87. The number of aromatic nitrogens is 3. The predicted molar refractivity (Wildman–Crippen MR) is 79.5 cm³/mol. The van der Waals surface area contributed by atoms with Crippen LogP contribution in [-0.2, 0) is 20.0 Å². The molecule has 0 bridgehead atoms. The first-order valence-corrected chi connectivity index (χ1v) is 6.96. The molecule has 19 heavy (non-hydrogen) atoms. The minimum absolute atomic E-state index is 0.198. The fraction of sp³-hybridized carbons (Fsp3) is 0.333. The van der Waals surface area contributed by atoms with Gasteiger partial charge in [0.15, 0.2) is 0 Å². The molecule has 0 unspecified atom stereocenters. The monoisotopic (exact) mass is 344 g/mol. The van der Waals surface area contributed by atoms with Crippen LogP contribution in [0.4, 0.5) is 5.69 Å². The molecule has 2 rings (SSSR count). The molecule has 0 aliphatic rings. The van der Waals surface area contributed by atoms with Gasteiger partial charge in [0, 0.05) is 19.4 Å². The largest absolute Gasteiger partial charge is 0.394 e. The van der Waals surface area contributed by atoms with Crippen molar-refractivity contribution in [3.63, 3.8) is 0 Å². The molecule has 2 heterocycles. The van der Waals surface area contributed by atoms with Gasteiger partial charge in [0.1, 0.15) is 0 Å². The van der Waals surface area contributed by atoms with Gasteiger partial charge in [-0.2, -0.15) is 5.10 Å². The average molecular weight is 346 g/mol. The third-order valence-electron chi connectivity index (χ3n) is 2.90. The summed E-state index contributed by atoms with van der Waals surface area (Å²) in [5.41, 5.74) is 7.41. The zero-order valence-electron chi connectivity index (χ0n) is 10.7. The lowest BCUT2D eigenvalue weighted by molar-refractivity contribution is 0.658. The molecule has 0 atom stereocenters. The van der Waals surface area contributed by atoms with Crippen LogP contribution in [-0.4, -0.2) is 14.3 Å². The van der Waals surface area contributed by atoms with Crippen LogP contribution in [0.3, 0.4) is 0 Å². The van der Waals surface area contributed by atoms with Crippen LogP contribution < -0.4 is 11.2 Å². The Morgan fingerprint density at radius 2 is 2.16 bits per heavy atom. The van der Waals surface area contributed by atoms with Crippen LogP contribution in [0.15, 0.2) is 21.7 Å². The number of nitrogens with zero attached hydrogens (tertiary/aromatic N) is 3. The van der Waals surface area contributed by atoms with Gasteiger partial charge < -0.3 is 10.3 Å². The van der Waals surface area contributed by atoms with Gasteiger partial charge in [-0.1, -0.05) is 18.5 Å². The lowest BCUT2D eigenvalue weighted by atomic mass is 10.3. The van der Waals surface area contributed by atoms with Gasteiger partial charge in [-0.3, -0.25) is 9.48 Å². The fourth-order valence-corrected chi connectivity index (χ4v) is 2.72. The van der Waals surface area contributed by atoms with E-state index in [4.69, 9.17) is 17.3 Å². The molecule has 0 aliphatic heterocycles. The standard InChI is InChI=1S/C12H14BrClN4O/c1-3-9-11(14)10(17(2)16-9)6-18-4-7(13)12(19)8(15)5-18/h4-5H,3,6,15H2,1-2H3. The van der Waals surface area contributed by atoms with Crippen molar-refractivity contribution < 1.29 is 0 Å². The van der Waals surface area contributed by atoms with Crippen molar-refractivity contribution in [3.05, 3.63) is 43.5 Å². The lowest BCUT2D eigenvalue weighted by Gasteiger charge is -2.09. The highest BCUT2D eigenvalue weighted by atomic mass is 79.9. The number of hydrogen-bond donors (Lipinski definition) is 1. The van der Waals surface area contributed by atoms with Gasteiger partial charge in [-0.15, -0.1) is 0 Å². The highest BCUT2D eigenvalue weighted by Crippen LogP contribution is 2.22. The van der Waals surface area contributed by atoms with E-state index in [0.29, 0.717) is 16.0 Å². The van der Waals surface area contributed by atoms with Crippen molar-refractivity contribution in [1.29, 1.82) is 0 Å². The highest BCUT2D eigenvalue weighted by molar-refractivity contribution is 9.10. The Bertz CT molecular complexity index is 651. The molecule has 2 aromatic heterocycles. The number of pyridine rings is 1. The summed E-state index contributed by atoms with van der Waals surface area (Å²) in [5, 5.41) is 5.02. The first-order valence-electron chi connectivity index (χ1n) is 5.79. The van der Waals surface area contributed by atoms with Crippen molar-refractivity contribution in [3.8, 4) is 0 Å². The third-order valence-corrected chi connectivity index (χ3v) is 3.90. The summed E-state index contributed by atoms with van der Waals surface area (Å²) < 4.78 is 3.99. The van der Waals surface area contributed by atoms with Crippen molar-refractivity contribution in [2.75, 3.05) is 5.73 Å². The second-order valence-electron chi connectivity index (χ2n) is 4.25. The molecule has 2 aromatic rings. The Hall–Kier alpha value is -1.27. The molecular weight excluding hydrogens is 332 g/mol. The summed E-state index contributed by atoms with van der Waals surface area (Å²) in [4.78, 5) is 11.5. The molecular formula is C12H14BrClN4O. The predicted octanol–water partition coefficient (Wildman–Crippen LogP) is 2.19. The van der Waals surface area contributed by atoms with E-state index < -0.39 is 0 Å². The number of nitrogen functional groups attached to an aromatic ring is 1. The number of aryl methyl sites for hydroxylation is 2. The van der Waals surface area contributed by atoms with Crippen LogP contribution in [0.5, 0.6) is 0 Å². The zero-order chi connectivity index (χ0) is 14.2. The molecule has 0 saturated carbocycles. The maximum atomic E-state index is 11.5. The first-order chi connectivity index (χ1) is 8.93. The minimum atomic E-state index is -0.207. The number of rotatable bonds is 3. The van der Waals surface area contributed by atoms with Crippen molar-refractivity contribution in [2.45, 2.75) is 19.9 Å². The van der Waals surface area contributed by atoms with Crippen LogP contribution in [0, 0.1) is 0 Å². The van der Waals surface area contributed by atoms with Crippen LogP contribution in [0.2, 0.25) is 5.02 Å². The normalized spacial score (nSPS) is 10.9. The van der Waals surface area contributed by atoms with Gasteiger partial charge in [0.05, 0.1) is 33.1 Å². The molecule has 0 saturated heterocycles. The molecule has 0 amide bonds. The second kappa shape index (κ2) is 5.38. The van der Waals surface area contributed by atoms with E-state index in [0.717, 1.165) is 17.8 Å². The molecule has 2 N–H and O–H groups in total. The van der Waals surface area contributed by atoms with E-state index in [1.54, 1.807) is 17.1 Å². The number of hydrogen-bond acceptors (Lipinski definition) is 3. The highest BCUT2D eigenvalue weighted by Gasteiger charge is 2.13. The molecule has 0 spiro atoms. The van der Waals surface area contributed by atoms with Crippen LogP contribution in [0.1, 0.15) is 18.3 Å². The summed E-state index contributed by atoms with van der Waals surface area (Å²) in [7, 11) is 1.85. The van der Waals surface area contributed by atoms with E-state index in [-0.39, 0.29) is 11.1 Å². The quantitative estimate of drug-likeness (QED) is 0.927. The topological polar surface area (TPSA) is 65.8 Å². The van der Waals surface area contributed by atoms with Crippen molar-refractivity contribution in [2.24, 2.45) is 7.05 Å². The maximum absolute atomic E-state index is 11.5. The summed E-state index contributed by atoms with van der Waals surface area (Å²) in [5.74, 6) is 0. The van der Waals surface area contributed by atoms with E-state index in [9.17, 15) is 4.79 Å². The van der Waals surface area contributed by atoms with E-state index in [1.807, 2.05) is 18.5 Å². The van der Waals surface area contributed by atoms with Gasteiger partial charge in [-0.05, 0) is 22.4 Å². The summed E-state index contributed by atoms with van der Waals surface area (Å²) in [6, 6.07) is 0. The van der Waals surface area contributed by atoms with Gasteiger partial charge in [0.25, 0.3) is 0 Å². The van der Waals surface area contributed by atoms with E-state index >= 15 is 0 Å². The minimum Gasteiger partial charge on any atom is -0.394 e. The molecule has 0 radical (unpaired) electrons. The Kier molecular flexibility index (Phi) is 4.01. The third kappa shape index (κ3) is 2.69. The summed E-state index contributed by atoms with van der Waals surface area (Å²) >= 11 is 9.49. The van der Waals surface area contributed by atoms with Gasteiger partial charge >= 0.3 is 0 Å². The van der Waals surface area contributed by atoms with Gasteiger partial charge in [0.2, 0.25) is 5.43 Å².